The molecular formula is C20H28N4O2S. The monoisotopic (exact) mass is 388 g/mol. The van der Waals surface area contributed by atoms with Crippen molar-refractivity contribution in [2.24, 2.45) is 0 Å². The maximum Gasteiger partial charge on any atom is 0.256 e. The van der Waals surface area contributed by atoms with Crippen LogP contribution in [0, 0.1) is 0 Å². The van der Waals surface area contributed by atoms with E-state index < -0.39 is 6.10 Å². The van der Waals surface area contributed by atoms with E-state index in [0.29, 0.717) is 12.6 Å². The van der Waals surface area contributed by atoms with Gasteiger partial charge >= 0.3 is 0 Å². The Kier molecular flexibility index (Phi) is 6.55. The third-order valence-electron chi connectivity index (χ3n) is 5.05. The van der Waals surface area contributed by atoms with Gasteiger partial charge in [-0.05, 0) is 38.5 Å². The van der Waals surface area contributed by atoms with Gasteiger partial charge in [-0.15, -0.1) is 10.2 Å². The minimum absolute atomic E-state index is 0.0223. The van der Waals surface area contributed by atoms with Crippen molar-refractivity contribution >= 4 is 17.7 Å². The molecule has 0 saturated carbocycles. The molecule has 0 spiro atoms. The molecule has 1 aromatic carbocycles. The summed E-state index contributed by atoms with van der Waals surface area (Å²) in [6.07, 6.45) is 3.44. The molecule has 2 atom stereocenters. The summed E-state index contributed by atoms with van der Waals surface area (Å²) in [4.78, 5) is 15.1. The molecule has 0 aliphatic carbocycles. The van der Waals surface area contributed by atoms with Crippen molar-refractivity contribution in [3.8, 4) is 0 Å². The van der Waals surface area contributed by atoms with Crippen molar-refractivity contribution in [2.45, 2.75) is 49.9 Å². The first-order valence-corrected chi connectivity index (χ1v) is 10.6. The summed E-state index contributed by atoms with van der Waals surface area (Å²) in [5, 5.41) is 9.75. The summed E-state index contributed by atoms with van der Waals surface area (Å²) < 4.78 is 7.75. The fourth-order valence-electron chi connectivity index (χ4n) is 3.75. The minimum atomic E-state index is -0.560. The zero-order valence-corrected chi connectivity index (χ0v) is 17.3. The molecule has 0 radical (unpaired) electrons. The maximum atomic E-state index is 13.1. The second-order valence-electron chi connectivity index (χ2n) is 7.16. The van der Waals surface area contributed by atoms with E-state index in [0.717, 1.165) is 35.9 Å². The Labute approximate surface area is 165 Å². The highest BCUT2D eigenvalue weighted by atomic mass is 32.2. The molecule has 1 aromatic heterocycles. The number of thioether (sulfide) groups is 1. The molecular weight excluding hydrogens is 360 g/mol. The van der Waals surface area contributed by atoms with Gasteiger partial charge in [-0.1, -0.05) is 42.1 Å². The number of methoxy groups -OCH3 is 1. The molecule has 1 aliphatic heterocycles. The lowest BCUT2D eigenvalue weighted by atomic mass is 9.96. The van der Waals surface area contributed by atoms with Crippen LogP contribution in [-0.2, 0) is 9.53 Å². The van der Waals surface area contributed by atoms with E-state index in [9.17, 15) is 4.79 Å². The zero-order valence-electron chi connectivity index (χ0n) is 16.5. The summed E-state index contributed by atoms with van der Waals surface area (Å²) in [6.45, 7) is 5.71. The summed E-state index contributed by atoms with van der Waals surface area (Å²) in [7, 11) is 1.59. The predicted octanol–water partition coefficient (Wildman–Crippen LogP) is 3.67. The minimum Gasteiger partial charge on any atom is -0.367 e. The van der Waals surface area contributed by atoms with E-state index in [2.05, 4.69) is 28.6 Å². The Hall–Kier alpha value is -1.86. The molecule has 1 fully saturated rings. The van der Waals surface area contributed by atoms with Gasteiger partial charge < -0.3 is 14.2 Å². The molecule has 1 aliphatic rings. The van der Waals surface area contributed by atoms with E-state index in [1.165, 1.54) is 0 Å². The summed E-state index contributed by atoms with van der Waals surface area (Å²) in [5.74, 6) is 1.21. The fourth-order valence-corrected chi connectivity index (χ4v) is 4.38. The van der Waals surface area contributed by atoms with Crippen molar-refractivity contribution in [1.29, 1.82) is 0 Å². The lowest BCUT2D eigenvalue weighted by Crippen LogP contribution is -2.42. The van der Waals surface area contributed by atoms with Crippen LogP contribution in [-0.4, -0.2) is 52.0 Å². The van der Waals surface area contributed by atoms with E-state index in [1.807, 2.05) is 41.5 Å². The topological polar surface area (TPSA) is 60.2 Å². The van der Waals surface area contributed by atoms with E-state index >= 15 is 0 Å². The first kappa shape index (κ1) is 19.9. The first-order valence-electron chi connectivity index (χ1n) is 9.42. The number of hydrogen-bond donors (Lipinski definition) is 0. The number of rotatable bonds is 6. The first-order chi connectivity index (χ1) is 13.1. The Balaban J connectivity index is 1.80. The quantitative estimate of drug-likeness (QED) is 0.707. The second kappa shape index (κ2) is 8.89. The fraction of sp³-hybridized carbons (Fsp3) is 0.550. The smallest absolute Gasteiger partial charge is 0.256 e. The molecule has 6 nitrogen and oxygen atoms in total. The molecule has 1 saturated heterocycles. The Bertz CT molecular complexity index is 763. The molecule has 146 valence electrons. The molecule has 7 heteroatoms. The highest BCUT2D eigenvalue weighted by molar-refractivity contribution is 7.98. The van der Waals surface area contributed by atoms with E-state index in [-0.39, 0.29) is 11.8 Å². The third-order valence-corrected chi connectivity index (χ3v) is 5.69. The number of amides is 1. The maximum absolute atomic E-state index is 13.1. The number of likely N-dealkylation sites (tertiary alicyclic amines) is 1. The summed E-state index contributed by atoms with van der Waals surface area (Å²) in [6, 6.07) is 9.98. The van der Waals surface area contributed by atoms with Crippen LogP contribution in [0.5, 0.6) is 0 Å². The van der Waals surface area contributed by atoms with Crippen LogP contribution in [0.2, 0.25) is 0 Å². The van der Waals surface area contributed by atoms with Crippen LogP contribution in [0.1, 0.15) is 56.1 Å². The zero-order chi connectivity index (χ0) is 19.4. The summed E-state index contributed by atoms with van der Waals surface area (Å²) >= 11 is 1.61. The summed E-state index contributed by atoms with van der Waals surface area (Å²) in [5.41, 5.74) is 0.891. The highest BCUT2D eigenvalue weighted by Crippen LogP contribution is 2.31. The van der Waals surface area contributed by atoms with Crippen molar-refractivity contribution < 1.29 is 9.53 Å². The Morgan fingerprint density at radius 2 is 2.00 bits per heavy atom. The Morgan fingerprint density at radius 1 is 1.26 bits per heavy atom. The lowest BCUT2D eigenvalue weighted by molar-refractivity contribution is -0.143. The van der Waals surface area contributed by atoms with E-state index in [4.69, 9.17) is 4.74 Å². The molecule has 27 heavy (non-hydrogen) atoms. The van der Waals surface area contributed by atoms with Gasteiger partial charge in [0.15, 0.2) is 11.3 Å². The molecule has 2 heterocycles. The number of nitrogens with zero attached hydrogens (tertiary/aromatic N) is 4. The van der Waals surface area contributed by atoms with E-state index in [1.54, 1.807) is 18.9 Å². The van der Waals surface area contributed by atoms with Gasteiger partial charge in [0.1, 0.15) is 5.82 Å². The van der Waals surface area contributed by atoms with Gasteiger partial charge in [-0.2, -0.15) is 0 Å². The van der Waals surface area contributed by atoms with Crippen LogP contribution >= 0.6 is 11.8 Å². The van der Waals surface area contributed by atoms with Gasteiger partial charge in [-0.25, -0.2) is 0 Å². The van der Waals surface area contributed by atoms with Crippen LogP contribution < -0.4 is 0 Å². The van der Waals surface area contributed by atoms with Crippen LogP contribution in [0.25, 0.3) is 0 Å². The van der Waals surface area contributed by atoms with Gasteiger partial charge in [0.05, 0.1) is 0 Å². The molecule has 1 amide bonds. The van der Waals surface area contributed by atoms with Crippen molar-refractivity contribution in [3.05, 3.63) is 41.7 Å². The lowest BCUT2D eigenvalue weighted by Gasteiger charge is -2.34. The van der Waals surface area contributed by atoms with Crippen LogP contribution in [0.3, 0.4) is 0 Å². The molecule has 0 N–H and O–H groups in total. The molecule has 3 rings (SSSR count). The third kappa shape index (κ3) is 4.19. The van der Waals surface area contributed by atoms with Crippen molar-refractivity contribution in [1.82, 2.24) is 19.7 Å². The molecule has 0 unspecified atom stereocenters. The normalized spacial score (nSPS) is 18.7. The van der Waals surface area contributed by atoms with Crippen molar-refractivity contribution in [3.63, 3.8) is 0 Å². The predicted molar refractivity (Wildman–Crippen MR) is 107 cm³/mol. The number of hydrogen-bond acceptors (Lipinski definition) is 5. The molecule has 2 aromatic rings. The average Bonchev–Trinajstić information content (AvgIpc) is 3.14. The number of piperidine rings is 1. The number of aromatic nitrogens is 3. The number of ether oxygens (including phenoxy) is 1. The average molecular weight is 389 g/mol. The van der Waals surface area contributed by atoms with Gasteiger partial charge in [0.25, 0.3) is 5.91 Å². The molecule has 0 bridgehead atoms. The standard InChI is InChI=1S/C20H28N4O2S/c1-14(2)24-18(21-22-20(24)27-4)16-11-8-12-23(13-16)19(25)17(26-3)15-9-6-5-7-10-15/h5-7,9-10,14,16-17H,8,11-13H2,1-4H3/t16-,17-/m1/s1. The van der Waals surface area contributed by atoms with Crippen LogP contribution in [0.15, 0.2) is 35.5 Å². The second-order valence-corrected chi connectivity index (χ2v) is 7.93. The Morgan fingerprint density at radius 3 is 2.63 bits per heavy atom. The van der Waals surface area contributed by atoms with Crippen LogP contribution in [0.4, 0.5) is 0 Å². The van der Waals surface area contributed by atoms with Gasteiger partial charge in [-0.3, -0.25) is 4.79 Å². The van der Waals surface area contributed by atoms with Gasteiger partial charge in [0.2, 0.25) is 0 Å². The number of benzene rings is 1. The highest BCUT2D eigenvalue weighted by Gasteiger charge is 2.33. The SMILES string of the molecule is CO[C@@H](C(=O)N1CCC[C@@H](c2nnc(SC)n2C(C)C)C1)c1ccccc1. The number of carbonyl (C=O) groups is 1. The van der Waals surface area contributed by atoms with Crippen molar-refractivity contribution in [2.75, 3.05) is 26.5 Å². The largest absolute Gasteiger partial charge is 0.367 e. The van der Waals surface area contributed by atoms with Gasteiger partial charge in [0, 0.05) is 32.2 Å². The number of carbonyl (C=O) groups excluding carboxylic acids is 1.